The Morgan fingerprint density at radius 2 is 1.65 bits per heavy atom. The van der Waals surface area contributed by atoms with E-state index in [2.05, 4.69) is 37.5 Å². The molecule has 2 atom stereocenters. The number of rotatable bonds is 5. The van der Waals surface area contributed by atoms with E-state index >= 15 is 0 Å². The molecule has 1 heteroatoms. The van der Waals surface area contributed by atoms with E-state index in [1.165, 1.54) is 45.1 Å². The van der Waals surface area contributed by atoms with Crippen molar-refractivity contribution in [3.05, 3.63) is 0 Å². The van der Waals surface area contributed by atoms with E-state index in [1.54, 1.807) is 0 Å². The zero-order valence-corrected chi connectivity index (χ0v) is 12.0. The third-order valence-corrected chi connectivity index (χ3v) is 3.84. The average molecular weight is 235 g/mol. The molecule has 1 saturated heterocycles. The number of piperidine rings is 1. The Hall–Kier alpha value is -0.480. The summed E-state index contributed by atoms with van der Waals surface area (Å²) in [5.41, 5.74) is 0. The molecule has 17 heavy (non-hydrogen) atoms. The summed E-state index contributed by atoms with van der Waals surface area (Å²) in [5, 5.41) is 0. The summed E-state index contributed by atoms with van der Waals surface area (Å²) in [4.78, 5) is 2.70. The first kappa shape index (κ1) is 14.6. The van der Waals surface area contributed by atoms with Crippen LogP contribution in [-0.4, -0.2) is 23.5 Å². The van der Waals surface area contributed by atoms with Gasteiger partial charge in [-0.05, 0) is 52.5 Å². The van der Waals surface area contributed by atoms with Crippen molar-refractivity contribution in [1.82, 2.24) is 4.90 Å². The number of unbranched alkanes of at least 4 members (excludes halogenated alkanes) is 3. The van der Waals surface area contributed by atoms with Crippen LogP contribution in [0.4, 0.5) is 0 Å². The van der Waals surface area contributed by atoms with Crippen LogP contribution >= 0.6 is 0 Å². The molecule has 0 radical (unpaired) electrons. The maximum atomic E-state index is 3.28. The predicted molar refractivity (Wildman–Crippen MR) is 76.0 cm³/mol. The Kier molecular flexibility index (Phi) is 7.37. The minimum Gasteiger partial charge on any atom is -0.298 e. The smallest absolute Gasteiger partial charge is 0.00891 e. The van der Waals surface area contributed by atoms with Gasteiger partial charge in [-0.15, -0.1) is 11.8 Å². The van der Waals surface area contributed by atoms with E-state index < -0.39 is 0 Å². The molecule has 0 aliphatic carbocycles. The van der Waals surface area contributed by atoms with Crippen molar-refractivity contribution < 1.29 is 0 Å². The molecular weight excluding hydrogens is 206 g/mol. The van der Waals surface area contributed by atoms with Crippen LogP contribution in [0.1, 0.15) is 72.1 Å². The first-order valence-electron chi connectivity index (χ1n) is 7.47. The van der Waals surface area contributed by atoms with Gasteiger partial charge < -0.3 is 0 Å². The maximum absolute atomic E-state index is 3.28. The van der Waals surface area contributed by atoms with Gasteiger partial charge in [0.15, 0.2) is 0 Å². The highest BCUT2D eigenvalue weighted by Gasteiger charge is 2.23. The second-order valence-electron chi connectivity index (χ2n) is 5.43. The number of likely N-dealkylation sites (tertiary alicyclic amines) is 1. The normalized spacial score (nSPS) is 25.4. The summed E-state index contributed by atoms with van der Waals surface area (Å²) in [6.07, 6.45) is 10.1. The number of hydrogen-bond acceptors (Lipinski definition) is 1. The van der Waals surface area contributed by atoms with E-state index in [9.17, 15) is 0 Å². The van der Waals surface area contributed by atoms with Crippen LogP contribution in [0.15, 0.2) is 0 Å². The van der Waals surface area contributed by atoms with Crippen LogP contribution < -0.4 is 0 Å². The monoisotopic (exact) mass is 235 g/mol. The molecule has 98 valence electrons. The van der Waals surface area contributed by atoms with Gasteiger partial charge in [-0.25, -0.2) is 0 Å². The van der Waals surface area contributed by atoms with Gasteiger partial charge in [-0.1, -0.05) is 13.3 Å². The minimum absolute atomic E-state index is 0.796. The predicted octanol–water partition coefficient (Wildman–Crippen LogP) is 4.22. The summed E-state index contributed by atoms with van der Waals surface area (Å²) < 4.78 is 0. The van der Waals surface area contributed by atoms with Crippen molar-refractivity contribution in [2.45, 2.75) is 84.2 Å². The second-order valence-corrected chi connectivity index (χ2v) is 5.43. The Morgan fingerprint density at radius 1 is 1.00 bits per heavy atom. The van der Waals surface area contributed by atoms with Crippen LogP contribution in [0.2, 0.25) is 0 Å². The van der Waals surface area contributed by atoms with Crippen LogP contribution in [0.5, 0.6) is 0 Å². The lowest BCUT2D eigenvalue weighted by molar-refractivity contribution is 0.102. The quantitative estimate of drug-likeness (QED) is 0.509. The molecule has 0 saturated carbocycles. The van der Waals surface area contributed by atoms with E-state index in [0.717, 1.165) is 24.9 Å². The van der Waals surface area contributed by atoms with Gasteiger partial charge in [0.1, 0.15) is 0 Å². The molecule has 1 heterocycles. The van der Waals surface area contributed by atoms with Gasteiger partial charge in [0, 0.05) is 24.9 Å². The molecule has 1 nitrogen and oxygen atoms in total. The van der Waals surface area contributed by atoms with Crippen LogP contribution in [0.25, 0.3) is 0 Å². The average Bonchev–Trinajstić information content (AvgIpc) is 2.31. The maximum Gasteiger partial charge on any atom is 0.00891 e. The SMILES string of the molecule is CCCC#CCCCCN1C(C)CCCC1C. The molecular formula is C16H29N. The van der Waals surface area contributed by atoms with E-state index in [-0.39, 0.29) is 0 Å². The van der Waals surface area contributed by atoms with Crippen LogP contribution in [0, 0.1) is 11.8 Å². The molecule has 1 aliphatic rings. The minimum atomic E-state index is 0.796. The van der Waals surface area contributed by atoms with Gasteiger partial charge in [0.25, 0.3) is 0 Å². The third kappa shape index (κ3) is 5.59. The summed E-state index contributed by atoms with van der Waals surface area (Å²) in [5.74, 6) is 6.51. The van der Waals surface area contributed by atoms with E-state index in [0.29, 0.717) is 0 Å². The zero-order valence-electron chi connectivity index (χ0n) is 12.0. The molecule has 0 aromatic heterocycles. The zero-order chi connectivity index (χ0) is 12.5. The third-order valence-electron chi connectivity index (χ3n) is 3.84. The summed E-state index contributed by atoms with van der Waals surface area (Å²) in [7, 11) is 0. The fourth-order valence-electron chi connectivity index (χ4n) is 2.73. The summed E-state index contributed by atoms with van der Waals surface area (Å²) in [6.45, 7) is 8.24. The Labute approximate surface area is 108 Å². The molecule has 1 aliphatic heterocycles. The fourth-order valence-corrected chi connectivity index (χ4v) is 2.73. The Morgan fingerprint density at radius 3 is 2.29 bits per heavy atom. The molecule has 0 amide bonds. The summed E-state index contributed by atoms with van der Waals surface area (Å²) >= 11 is 0. The van der Waals surface area contributed by atoms with E-state index in [4.69, 9.17) is 0 Å². The van der Waals surface area contributed by atoms with Crippen molar-refractivity contribution in [2.24, 2.45) is 0 Å². The second kappa shape index (κ2) is 8.59. The lowest BCUT2D eigenvalue weighted by atomic mass is 9.97. The molecule has 0 aromatic rings. The Balaban J connectivity index is 2.11. The van der Waals surface area contributed by atoms with Gasteiger partial charge in [-0.3, -0.25) is 4.90 Å². The lowest BCUT2D eigenvalue weighted by Gasteiger charge is -2.39. The molecule has 0 spiro atoms. The van der Waals surface area contributed by atoms with Crippen molar-refractivity contribution in [1.29, 1.82) is 0 Å². The fraction of sp³-hybridized carbons (Fsp3) is 0.875. The van der Waals surface area contributed by atoms with Gasteiger partial charge >= 0.3 is 0 Å². The highest BCUT2D eigenvalue weighted by atomic mass is 15.2. The van der Waals surface area contributed by atoms with Gasteiger partial charge in [0.2, 0.25) is 0 Å². The van der Waals surface area contributed by atoms with Gasteiger partial charge in [-0.2, -0.15) is 0 Å². The molecule has 0 aromatic carbocycles. The first-order valence-corrected chi connectivity index (χ1v) is 7.47. The van der Waals surface area contributed by atoms with E-state index in [1.807, 2.05) is 0 Å². The van der Waals surface area contributed by atoms with Crippen LogP contribution in [0.3, 0.4) is 0 Å². The molecule has 2 unspecified atom stereocenters. The van der Waals surface area contributed by atoms with Crippen molar-refractivity contribution in [2.75, 3.05) is 6.54 Å². The van der Waals surface area contributed by atoms with Crippen molar-refractivity contribution in [3.8, 4) is 11.8 Å². The molecule has 0 bridgehead atoms. The number of nitrogens with zero attached hydrogens (tertiary/aromatic N) is 1. The van der Waals surface area contributed by atoms with Crippen molar-refractivity contribution in [3.63, 3.8) is 0 Å². The largest absolute Gasteiger partial charge is 0.298 e. The van der Waals surface area contributed by atoms with Gasteiger partial charge in [0.05, 0.1) is 0 Å². The highest BCUT2D eigenvalue weighted by molar-refractivity contribution is 4.98. The first-order chi connectivity index (χ1) is 8.25. The lowest BCUT2D eigenvalue weighted by Crippen LogP contribution is -2.44. The standard InChI is InChI=1S/C16H29N/c1-4-5-6-7-8-9-10-14-17-15(2)12-11-13-16(17)3/h15-16H,4-5,8-14H2,1-3H3. The topological polar surface area (TPSA) is 3.24 Å². The highest BCUT2D eigenvalue weighted by Crippen LogP contribution is 2.22. The number of hydrogen-bond donors (Lipinski definition) is 0. The van der Waals surface area contributed by atoms with Crippen molar-refractivity contribution >= 4 is 0 Å². The summed E-state index contributed by atoms with van der Waals surface area (Å²) in [6, 6.07) is 1.59. The molecule has 1 fully saturated rings. The molecule has 0 N–H and O–H groups in total. The molecule has 1 rings (SSSR count). The van der Waals surface area contributed by atoms with Crippen LogP contribution in [-0.2, 0) is 0 Å². The Bertz CT molecular complexity index is 238.